The van der Waals surface area contributed by atoms with Gasteiger partial charge in [-0.1, -0.05) is 45.7 Å². The summed E-state index contributed by atoms with van der Waals surface area (Å²) in [4.78, 5) is 26.1. The summed E-state index contributed by atoms with van der Waals surface area (Å²) in [5.74, 6) is 0.959. The Balaban J connectivity index is 1.78. The molecule has 0 radical (unpaired) electrons. The molecule has 1 aliphatic heterocycles. The van der Waals surface area contributed by atoms with E-state index >= 15 is 0 Å². The highest BCUT2D eigenvalue weighted by Gasteiger charge is 2.26. The van der Waals surface area contributed by atoms with Crippen molar-refractivity contribution in [3.8, 4) is 11.5 Å². The summed E-state index contributed by atoms with van der Waals surface area (Å²) >= 11 is 9.45. The number of carbonyl (C=O) groups excluding carboxylic acids is 2. The monoisotopic (exact) mass is 451 g/mol. The van der Waals surface area contributed by atoms with Crippen LogP contribution in [0.15, 0.2) is 42.5 Å². The summed E-state index contributed by atoms with van der Waals surface area (Å²) in [5.41, 5.74) is 6.32. The number of rotatable bonds is 4. The smallest absolute Gasteiger partial charge is 0.341 e. The molecule has 8 heteroatoms. The Morgan fingerprint density at radius 3 is 2.74 bits per heavy atom. The third-order valence-corrected chi connectivity index (χ3v) is 4.87. The zero-order valence-electron chi connectivity index (χ0n) is 14.5. The van der Waals surface area contributed by atoms with Crippen LogP contribution in [0.25, 0.3) is 0 Å². The summed E-state index contributed by atoms with van der Waals surface area (Å²) in [6, 6.07) is 12.1. The molecule has 6 nitrogen and oxygen atoms in total. The van der Waals surface area contributed by atoms with E-state index in [0.717, 1.165) is 23.7 Å². The van der Waals surface area contributed by atoms with Crippen LogP contribution < -0.4 is 20.5 Å². The second-order valence-corrected chi connectivity index (χ2v) is 7.26. The Morgan fingerprint density at radius 1 is 1.11 bits per heavy atom. The minimum atomic E-state index is -0.465. The minimum Gasteiger partial charge on any atom is -0.455 e. The Morgan fingerprint density at radius 2 is 1.93 bits per heavy atom. The summed E-state index contributed by atoms with van der Waals surface area (Å²) in [5, 5.41) is 1.33. The lowest BCUT2D eigenvalue weighted by molar-refractivity contribution is -0.121. The predicted octanol–water partition coefficient (Wildman–Crippen LogP) is 4.76. The number of anilines is 1. The quantitative estimate of drug-likeness (QED) is 0.399. The lowest BCUT2D eigenvalue weighted by Crippen LogP contribution is -2.48. The number of para-hydroxylation sites is 1. The summed E-state index contributed by atoms with van der Waals surface area (Å²) in [6.45, 7) is 0.287. The van der Waals surface area contributed by atoms with Crippen molar-refractivity contribution < 1.29 is 14.3 Å². The second-order valence-electron chi connectivity index (χ2n) is 6.03. The van der Waals surface area contributed by atoms with E-state index in [2.05, 4.69) is 26.8 Å². The third kappa shape index (κ3) is 4.93. The largest absolute Gasteiger partial charge is 0.455 e. The molecule has 0 spiro atoms. The zero-order chi connectivity index (χ0) is 19.2. The van der Waals surface area contributed by atoms with Crippen molar-refractivity contribution in [1.82, 2.24) is 10.9 Å². The Bertz CT molecular complexity index is 847. The molecule has 3 rings (SSSR count). The van der Waals surface area contributed by atoms with Crippen molar-refractivity contribution in [3.05, 3.63) is 53.1 Å². The molecule has 0 aliphatic carbocycles. The average molecular weight is 453 g/mol. The van der Waals surface area contributed by atoms with Gasteiger partial charge in [-0.3, -0.25) is 15.1 Å². The van der Waals surface area contributed by atoms with Gasteiger partial charge in [-0.25, -0.2) is 10.2 Å². The van der Waals surface area contributed by atoms with Gasteiger partial charge in [0.05, 0.1) is 12.2 Å². The Kier molecular flexibility index (Phi) is 6.58. The molecule has 0 atom stereocenters. The van der Waals surface area contributed by atoms with Crippen LogP contribution in [0.2, 0.25) is 5.02 Å². The van der Waals surface area contributed by atoms with Crippen LogP contribution in [0, 0.1) is 0 Å². The molecule has 2 N–H and O–H groups in total. The number of ether oxygens (including phenoxy) is 1. The first-order valence-corrected chi connectivity index (χ1v) is 10.1. The fraction of sp³-hybridized carbons (Fsp3) is 0.263. The number of halogens is 2. The van der Waals surface area contributed by atoms with Crippen LogP contribution in [0.3, 0.4) is 0 Å². The molecule has 2 aromatic carbocycles. The minimum absolute atomic E-state index is 0.234. The summed E-state index contributed by atoms with van der Waals surface area (Å²) in [6.07, 6.45) is 1.99. The molecule has 0 aromatic heterocycles. The zero-order valence-corrected chi connectivity index (χ0v) is 16.8. The summed E-state index contributed by atoms with van der Waals surface area (Å²) < 4.78 is 5.96. The van der Waals surface area contributed by atoms with E-state index in [4.69, 9.17) is 16.3 Å². The number of hydrogen-bond acceptors (Lipinski definition) is 3. The Labute approximate surface area is 170 Å². The van der Waals surface area contributed by atoms with E-state index in [-0.39, 0.29) is 12.5 Å². The SMILES string of the molecule is O=C(CCCCBr)NNC(=O)N1Cc2ccccc2Oc2ccc(Cl)cc21. The Hall–Kier alpha value is -2.25. The number of carbonyl (C=O) groups is 2. The third-order valence-electron chi connectivity index (χ3n) is 4.07. The molecule has 27 heavy (non-hydrogen) atoms. The van der Waals surface area contributed by atoms with Gasteiger partial charge < -0.3 is 4.74 Å². The maximum atomic E-state index is 12.8. The molecule has 0 unspecified atom stereocenters. The van der Waals surface area contributed by atoms with Gasteiger partial charge in [0.25, 0.3) is 0 Å². The molecule has 1 aliphatic rings. The number of fused-ring (bicyclic) bond motifs is 2. The van der Waals surface area contributed by atoms with Gasteiger partial charge in [0.15, 0.2) is 5.75 Å². The molecule has 0 saturated carbocycles. The number of hydrogen-bond donors (Lipinski definition) is 2. The van der Waals surface area contributed by atoms with Gasteiger partial charge in [0.1, 0.15) is 5.75 Å². The first-order valence-electron chi connectivity index (χ1n) is 8.56. The lowest BCUT2D eigenvalue weighted by atomic mass is 10.2. The van der Waals surface area contributed by atoms with Gasteiger partial charge in [-0.05, 0) is 37.1 Å². The van der Waals surface area contributed by atoms with E-state index < -0.39 is 6.03 Å². The van der Waals surface area contributed by atoms with Crippen LogP contribution >= 0.6 is 27.5 Å². The topological polar surface area (TPSA) is 70.7 Å². The molecule has 3 amide bonds. The fourth-order valence-electron chi connectivity index (χ4n) is 2.71. The highest BCUT2D eigenvalue weighted by Crippen LogP contribution is 2.40. The number of benzene rings is 2. The molecule has 0 bridgehead atoms. The van der Waals surface area contributed by atoms with Crippen LogP contribution in [-0.4, -0.2) is 17.3 Å². The molecular formula is C19H19BrClN3O3. The van der Waals surface area contributed by atoms with Crippen LogP contribution in [0.1, 0.15) is 24.8 Å². The van der Waals surface area contributed by atoms with Gasteiger partial charge in [-0.15, -0.1) is 0 Å². The van der Waals surface area contributed by atoms with Crippen LogP contribution in [0.5, 0.6) is 11.5 Å². The number of nitrogens with one attached hydrogen (secondary N) is 2. The molecule has 142 valence electrons. The van der Waals surface area contributed by atoms with Crippen LogP contribution in [0.4, 0.5) is 10.5 Å². The lowest BCUT2D eigenvalue weighted by Gasteiger charge is -2.22. The van der Waals surface area contributed by atoms with E-state index in [1.165, 1.54) is 4.90 Å². The maximum absolute atomic E-state index is 12.8. The van der Waals surface area contributed by atoms with Crippen LogP contribution in [-0.2, 0) is 11.3 Å². The molecule has 0 saturated heterocycles. The van der Waals surface area contributed by atoms with E-state index in [0.29, 0.717) is 28.6 Å². The summed E-state index contributed by atoms with van der Waals surface area (Å²) in [7, 11) is 0. The van der Waals surface area contributed by atoms with Gasteiger partial charge in [-0.2, -0.15) is 0 Å². The van der Waals surface area contributed by atoms with Crippen molar-refractivity contribution in [2.45, 2.75) is 25.8 Å². The number of unbranched alkanes of at least 4 members (excludes halogenated alkanes) is 1. The van der Waals surface area contributed by atoms with E-state index in [9.17, 15) is 9.59 Å². The highest BCUT2D eigenvalue weighted by atomic mass is 79.9. The van der Waals surface area contributed by atoms with Gasteiger partial charge in [0.2, 0.25) is 5.91 Å². The first kappa shape index (κ1) is 19.5. The normalized spacial score (nSPS) is 12.3. The van der Waals surface area contributed by atoms with Crippen molar-refractivity contribution >= 4 is 45.2 Å². The standard InChI is InChI=1S/C19H19BrClN3O3/c20-10-4-3-7-18(25)22-23-19(26)24-12-13-5-1-2-6-16(13)27-17-9-8-14(21)11-15(17)24/h1-2,5-6,8-9,11H,3-4,7,10,12H2,(H,22,25)(H,23,26). The molecule has 2 aromatic rings. The average Bonchev–Trinajstić information content (AvgIpc) is 2.83. The molecular weight excluding hydrogens is 434 g/mol. The number of alkyl halides is 1. The van der Waals surface area contributed by atoms with Gasteiger partial charge in [0, 0.05) is 22.3 Å². The maximum Gasteiger partial charge on any atom is 0.341 e. The van der Waals surface area contributed by atoms with Crippen molar-refractivity contribution in [1.29, 1.82) is 0 Å². The first-order chi connectivity index (χ1) is 13.1. The predicted molar refractivity (Wildman–Crippen MR) is 108 cm³/mol. The number of hydrazine groups is 1. The number of urea groups is 1. The number of amides is 3. The van der Waals surface area contributed by atoms with Crippen molar-refractivity contribution in [3.63, 3.8) is 0 Å². The highest BCUT2D eigenvalue weighted by molar-refractivity contribution is 9.09. The second kappa shape index (κ2) is 9.10. The van der Waals surface area contributed by atoms with Crippen molar-refractivity contribution in [2.75, 3.05) is 10.2 Å². The van der Waals surface area contributed by atoms with Crippen molar-refractivity contribution in [2.24, 2.45) is 0 Å². The molecule has 0 fully saturated rings. The fourth-order valence-corrected chi connectivity index (χ4v) is 3.27. The van der Waals surface area contributed by atoms with E-state index in [1.54, 1.807) is 18.2 Å². The number of nitrogens with zero attached hydrogens (tertiary/aromatic N) is 1. The molecule has 1 heterocycles. The van der Waals surface area contributed by atoms with E-state index in [1.807, 2.05) is 24.3 Å². The van der Waals surface area contributed by atoms with Gasteiger partial charge >= 0.3 is 6.03 Å².